The van der Waals surface area contributed by atoms with Gasteiger partial charge in [-0.3, -0.25) is 24.3 Å². The third-order valence-electron chi connectivity index (χ3n) is 3.15. The fourth-order valence-corrected chi connectivity index (χ4v) is 2.53. The van der Waals surface area contributed by atoms with Gasteiger partial charge < -0.3 is 10.1 Å². The number of pyridine rings is 1. The quantitative estimate of drug-likeness (QED) is 0.317. The zero-order valence-electron chi connectivity index (χ0n) is 12.9. The lowest BCUT2D eigenvalue weighted by Gasteiger charge is -2.10. The summed E-state index contributed by atoms with van der Waals surface area (Å²) >= 11 is 2.03. The summed E-state index contributed by atoms with van der Waals surface area (Å²) in [6.07, 6.45) is 1.05. The van der Waals surface area contributed by atoms with Crippen molar-refractivity contribution in [2.24, 2.45) is 0 Å². The van der Waals surface area contributed by atoms with Crippen molar-refractivity contribution in [2.75, 3.05) is 12.4 Å². The first-order valence-electron chi connectivity index (χ1n) is 6.85. The van der Waals surface area contributed by atoms with Crippen molar-refractivity contribution in [2.45, 2.75) is 6.54 Å². The van der Waals surface area contributed by atoms with Crippen LogP contribution in [-0.2, 0) is 16.1 Å². The van der Waals surface area contributed by atoms with Gasteiger partial charge in [-0.15, -0.1) is 0 Å². The summed E-state index contributed by atoms with van der Waals surface area (Å²) < 4.78 is 6.09. The van der Waals surface area contributed by atoms with E-state index in [0.717, 1.165) is 27.5 Å². The normalized spacial score (nSPS) is 10.2. The van der Waals surface area contributed by atoms with Crippen molar-refractivity contribution < 1.29 is 19.2 Å². The summed E-state index contributed by atoms with van der Waals surface area (Å²) in [4.78, 5) is 46.0. The van der Waals surface area contributed by atoms with Crippen LogP contribution < -0.4 is 10.9 Å². The number of carbonyl (C=O) groups is 2. The van der Waals surface area contributed by atoms with Crippen LogP contribution in [0.2, 0.25) is 0 Å². The maximum Gasteiger partial charge on any atom is 0.339 e. The van der Waals surface area contributed by atoms with E-state index in [9.17, 15) is 24.5 Å². The molecule has 0 saturated heterocycles. The molecule has 0 aliphatic rings. The van der Waals surface area contributed by atoms with Crippen molar-refractivity contribution in [1.82, 2.24) is 4.57 Å². The van der Waals surface area contributed by atoms with E-state index in [0.29, 0.717) is 5.69 Å². The molecule has 1 aromatic carbocycles. The molecule has 0 spiro atoms. The van der Waals surface area contributed by atoms with Gasteiger partial charge in [-0.05, 0) is 34.7 Å². The van der Waals surface area contributed by atoms with Crippen molar-refractivity contribution >= 4 is 45.8 Å². The standard InChI is InChI=1S/C15H12IN3O6/c1-25-15(22)9-6-12(19(23)24)14(21)18(7-9)8-13(20)17-11-5-3-2-4-10(11)16/h2-7H,8H2,1H3,(H,17,20). The Balaban J connectivity index is 2.34. The minimum atomic E-state index is -0.990. The van der Waals surface area contributed by atoms with E-state index in [1.165, 1.54) is 0 Å². The molecule has 1 heterocycles. The summed E-state index contributed by atoms with van der Waals surface area (Å²) in [6.45, 7) is -0.491. The number of nitrogens with zero attached hydrogens (tertiary/aromatic N) is 2. The number of aromatic nitrogens is 1. The topological polar surface area (TPSA) is 121 Å². The Kier molecular flexibility index (Phi) is 5.85. The first-order valence-corrected chi connectivity index (χ1v) is 7.93. The number of hydrogen-bond donors (Lipinski definition) is 1. The second-order valence-corrected chi connectivity index (χ2v) is 5.99. The number of amides is 1. The number of anilines is 1. The Bertz CT molecular complexity index is 908. The van der Waals surface area contributed by atoms with Crippen molar-refractivity contribution in [1.29, 1.82) is 0 Å². The molecule has 1 amide bonds. The molecule has 0 fully saturated rings. The highest BCUT2D eigenvalue weighted by Crippen LogP contribution is 2.17. The molecule has 1 aromatic heterocycles. The summed E-state index contributed by atoms with van der Waals surface area (Å²) in [5.41, 5.74) is -1.46. The molecule has 0 atom stereocenters. The molecule has 1 N–H and O–H groups in total. The predicted molar refractivity (Wildman–Crippen MR) is 96.5 cm³/mol. The first-order chi connectivity index (χ1) is 11.8. The van der Waals surface area contributed by atoms with Crippen molar-refractivity contribution in [3.8, 4) is 0 Å². The number of halogens is 1. The largest absolute Gasteiger partial charge is 0.465 e. The van der Waals surface area contributed by atoms with Crippen LogP contribution in [0.3, 0.4) is 0 Å². The zero-order chi connectivity index (χ0) is 18.6. The monoisotopic (exact) mass is 457 g/mol. The molecule has 0 radical (unpaired) electrons. The van der Waals surface area contributed by atoms with Gasteiger partial charge in [0.1, 0.15) is 6.54 Å². The number of para-hydroxylation sites is 1. The number of nitro groups is 1. The maximum atomic E-state index is 12.2. The fraction of sp³-hybridized carbons (Fsp3) is 0.133. The highest BCUT2D eigenvalue weighted by atomic mass is 127. The van der Waals surface area contributed by atoms with Gasteiger partial charge in [-0.2, -0.15) is 0 Å². The van der Waals surface area contributed by atoms with Gasteiger partial charge in [-0.1, -0.05) is 12.1 Å². The lowest BCUT2D eigenvalue weighted by molar-refractivity contribution is -0.386. The SMILES string of the molecule is COC(=O)c1cc([N+](=O)[O-])c(=O)n(CC(=O)Nc2ccccc2I)c1. The zero-order valence-corrected chi connectivity index (χ0v) is 15.1. The predicted octanol–water partition coefficient (Wildman–Crippen LogP) is 1.79. The van der Waals surface area contributed by atoms with Gasteiger partial charge >= 0.3 is 17.2 Å². The van der Waals surface area contributed by atoms with Crippen molar-refractivity contribution in [3.05, 3.63) is 66.1 Å². The van der Waals surface area contributed by atoms with Gasteiger partial charge in [0.2, 0.25) is 5.91 Å². The van der Waals surface area contributed by atoms with E-state index in [-0.39, 0.29) is 5.56 Å². The number of rotatable bonds is 5. The number of benzene rings is 1. The second-order valence-electron chi connectivity index (χ2n) is 4.82. The number of esters is 1. The number of nitrogens with one attached hydrogen (secondary N) is 1. The number of hydrogen-bond acceptors (Lipinski definition) is 6. The van der Waals surface area contributed by atoms with E-state index in [1.54, 1.807) is 24.3 Å². The average molecular weight is 457 g/mol. The summed E-state index contributed by atoms with van der Waals surface area (Å²) in [6, 6.07) is 7.81. The van der Waals surface area contributed by atoms with Crippen LogP contribution in [0.4, 0.5) is 11.4 Å². The molecule has 0 saturated carbocycles. The third kappa shape index (κ3) is 4.41. The first kappa shape index (κ1) is 18.6. The minimum absolute atomic E-state index is 0.198. The van der Waals surface area contributed by atoms with E-state index in [2.05, 4.69) is 10.1 Å². The second kappa shape index (κ2) is 7.88. The van der Waals surface area contributed by atoms with Crippen LogP contribution in [0.25, 0.3) is 0 Å². The number of methoxy groups -OCH3 is 1. The molecule has 130 valence electrons. The van der Waals surface area contributed by atoms with Crippen LogP contribution >= 0.6 is 22.6 Å². The van der Waals surface area contributed by atoms with Gasteiger partial charge in [0.05, 0.1) is 23.3 Å². The smallest absolute Gasteiger partial charge is 0.339 e. The van der Waals surface area contributed by atoms with Crippen LogP contribution in [-0.4, -0.2) is 28.5 Å². The average Bonchev–Trinajstić information content (AvgIpc) is 2.57. The highest BCUT2D eigenvalue weighted by Gasteiger charge is 2.21. The van der Waals surface area contributed by atoms with Crippen LogP contribution in [0.1, 0.15) is 10.4 Å². The van der Waals surface area contributed by atoms with Gasteiger partial charge in [-0.25, -0.2) is 4.79 Å². The lowest BCUT2D eigenvalue weighted by atomic mass is 10.2. The van der Waals surface area contributed by atoms with Crippen molar-refractivity contribution in [3.63, 3.8) is 0 Å². The maximum absolute atomic E-state index is 12.2. The van der Waals surface area contributed by atoms with Gasteiger partial charge in [0, 0.05) is 15.8 Å². The molecule has 9 nitrogen and oxygen atoms in total. The molecule has 10 heteroatoms. The fourth-order valence-electron chi connectivity index (χ4n) is 2.00. The van der Waals surface area contributed by atoms with Crippen LogP contribution in [0.15, 0.2) is 41.3 Å². The lowest BCUT2D eigenvalue weighted by Crippen LogP contribution is -2.29. The van der Waals surface area contributed by atoms with Crippen LogP contribution in [0.5, 0.6) is 0 Å². The van der Waals surface area contributed by atoms with Crippen LogP contribution in [0, 0.1) is 13.7 Å². The molecule has 0 aliphatic heterocycles. The third-order valence-corrected chi connectivity index (χ3v) is 4.09. The molecular weight excluding hydrogens is 445 g/mol. The highest BCUT2D eigenvalue weighted by molar-refractivity contribution is 14.1. The number of carbonyl (C=O) groups excluding carboxylic acids is 2. The summed E-state index contributed by atoms with van der Waals surface area (Å²) in [7, 11) is 1.10. The molecule has 0 bridgehead atoms. The van der Waals surface area contributed by atoms with E-state index >= 15 is 0 Å². The summed E-state index contributed by atoms with van der Waals surface area (Å²) in [5, 5.41) is 13.6. The Morgan fingerprint density at radius 2 is 2.04 bits per heavy atom. The van der Waals surface area contributed by atoms with E-state index in [4.69, 9.17) is 0 Å². The Morgan fingerprint density at radius 3 is 2.64 bits per heavy atom. The molecule has 25 heavy (non-hydrogen) atoms. The Labute approximate surface area is 154 Å². The summed E-state index contributed by atoms with van der Waals surface area (Å²) in [5.74, 6) is -1.42. The Hall–Kier alpha value is -2.76. The molecule has 0 aliphatic carbocycles. The molecule has 2 rings (SSSR count). The minimum Gasteiger partial charge on any atom is -0.465 e. The number of ether oxygens (including phenoxy) is 1. The van der Waals surface area contributed by atoms with E-state index in [1.807, 2.05) is 22.6 Å². The van der Waals surface area contributed by atoms with E-state index < -0.39 is 34.6 Å². The Morgan fingerprint density at radius 1 is 1.36 bits per heavy atom. The van der Waals surface area contributed by atoms with Gasteiger partial charge in [0.25, 0.3) is 0 Å². The molecular formula is C15H12IN3O6. The van der Waals surface area contributed by atoms with Gasteiger partial charge in [0.15, 0.2) is 0 Å². The molecule has 0 unspecified atom stereocenters. The molecule has 2 aromatic rings.